The first-order valence-corrected chi connectivity index (χ1v) is 6.89. The number of carboxylic acids is 1. The van der Waals surface area contributed by atoms with Crippen LogP contribution in [0.3, 0.4) is 0 Å². The molecule has 1 aliphatic carbocycles. The number of hydrogen-bond acceptors (Lipinski definition) is 3. The van der Waals surface area contributed by atoms with Crippen molar-refractivity contribution in [2.24, 2.45) is 5.92 Å². The largest absolute Gasteiger partial charge is 0.545 e. The molecule has 0 bridgehead atoms. The maximum Gasteiger partial charge on any atom is 0.419 e. The van der Waals surface area contributed by atoms with Crippen LogP contribution in [0.2, 0.25) is 0 Å². The molecule has 1 aliphatic rings. The molecule has 0 fully saturated rings. The van der Waals surface area contributed by atoms with Crippen LogP contribution in [0.5, 0.6) is 5.75 Å². The number of rotatable bonds is 4. The molecule has 0 aliphatic heterocycles. The molecule has 2 rings (SSSR count). The molecule has 3 nitrogen and oxygen atoms in total. The Balaban J connectivity index is 2.40. The fraction of sp³-hybridized carbons (Fsp3) is 0.438. The Morgan fingerprint density at radius 3 is 2.50 bits per heavy atom. The number of alkyl halides is 3. The van der Waals surface area contributed by atoms with Crippen molar-refractivity contribution >= 4 is 5.97 Å². The fourth-order valence-electron chi connectivity index (χ4n) is 2.54. The highest BCUT2D eigenvalue weighted by atomic mass is 19.4. The fourth-order valence-corrected chi connectivity index (χ4v) is 2.54. The second-order valence-electron chi connectivity index (χ2n) is 5.81. The Bertz CT molecular complexity index is 603. The average Bonchev–Trinajstić information content (AvgIpc) is 2.91. The van der Waals surface area contributed by atoms with E-state index in [-0.39, 0.29) is 11.5 Å². The van der Waals surface area contributed by atoms with Gasteiger partial charge >= 0.3 is 6.18 Å². The lowest BCUT2D eigenvalue weighted by atomic mass is 9.90. The third-order valence-electron chi connectivity index (χ3n) is 3.80. The Kier molecular flexibility index (Phi) is 4.22. The topological polar surface area (TPSA) is 49.4 Å². The number of benzene rings is 1. The summed E-state index contributed by atoms with van der Waals surface area (Å²) in [5.41, 5.74) is -2.22. The quantitative estimate of drug-likeness (QED) is 0.802. The van der Waals surface area contributed by atoms with Crippen molar-refractivity contribution in [1.82, 2.24) is 0 Å². The lowest BCUT2D eigenvalue weighted by Crippen LogP contribution is -2.36. The van der Waals surface area contributed by atoms with Crippen molar-refractivity contribution in [3.05, 3.63) is 41.5 Å². The summed E-state index contributed by atoms with van der Waals surface area (Å²) in [6.07, 6.45) is 0.881. The van der Waals surface area contributed by atoms with Gasteiger partial charge in [-0.3, -0.25) is 0 Å². The number of carbonyl (C=O) groups is 1. The predicted octanol–water partition coefficient (Wildman–Crippen LogP) is 3.19. The molecule has 120 valence electrons. The van der Waals surface area contributed by atoms with Crippen LogP contribution in [-0.2, 0) is 6.18 Å². The monoisotopic (exact) mass is 313 g/mol. The molecule has 0 aromatic heterocycles. The summed E-state index contributed by atoms with van der Waals surface area (Å²) in [5.74, 6) is -2.06. The van der Waals surface area contributed by atoms with Crippen molar-refractivity contribution < 1.29 is 27.8 Å². The highest BCUT2D eigenvalue weighted by molar-refractivity contribution is 5.86. The molecule has 0 saturated heterocycles. The molecular weight excluding hydrogens is 297 g/mol. The number of halogens is 3. The van der Waals surface area contributed by atoms with Crippen molar-refractivity contribution in [2.45, 2.75) is 38.5 Å². The van der Waals surface area contributed by atoms with Crippen LogP contribution < -0.4 is 9.84 Å². The van der Waals surface area contributed by atoms with Crippen LogP contribution in [0, 0.1) is 5.92 Å². The Morgan fingerprint density at radius 1 is 1.32 bits per heavy atom. The van der Waals surface area contributed by atoms with E-state index in [0.717, 1.165) is 25.0 Å². The van der Waals surface area contributed by atoms with Gasteiger partial charge in [0.2, 0.25) is 0 Å². The zero-order valence-corrected chi connectivity index (χ0v) is 12.2. The third-order valence-corrected chi connectivity index (χ3v) is 3.80. The molecular formula is C16H16F3O3-. The smallest absolute Gasteiger partial charge is 0.419 e. The molecule has 1 aromatic rings. The van der Waals surface area contributed by atoms with Crippen molar-refractivity contribution in [3.8, 4) is 5.75 Å². The molecule has 0 amide bonds. The highest BCUT2D eigenvalue weighted by Gasteiger charge is 2.38. The number of hydrogen-bond donors (Lipinski definition) is 0. The van der Waals surface area contributed by atoms with Gasteiger partial charge in [-0.15, -0.1) is 0 Å². The maximum atomic E-state index is 13.1. The van der Waals surface area contributed by atoms with E-state index in [2.05, 4.69) is 0 Å². The van der Waals surface area contributed by atoms with E-state index in [4.69, 9.17) is 4.74 Å². The minimum Gasteiger partial charge on any atom is -0.545 e. The van der Waals surface area contributed by atoms with Gasteiger partial charge in [-0.1, -0.05) is 18.2 Å². The van der Waals surface area contributed by atoms with E-state index < -0.39 is 29.1 Å². The zero-order valence-electron chi connectivity index (χ0n) is 12.2. The molecule has 0 spiro atoms. The average molecular weight is 313 g/mol. The van der Waals surface area contributed by atoms with Gasteiger partial charge in [-0.05, 0) is 38.8 Å². The van der Waals surface area contributed by atoms with E-state index >= 15 is 0 Å². The predicted molar refractivity (Wildman–Crippen MR) is 72.3 cm³/mol. The first kappa shape index (κ1) is 16.4. The van der Waals surface area contributed by atoms with Gasteiger partial charge in [0.05, 0.1) is 11.5 Å². The summed E-state index contributed by atoms with van der Waals surface area (Å²) in [5, 5.41) is 10.9. The van der Waals surface area contributed by atoms with Crippen LogP contribution in [0.15, 0.2) is 30.4 Å². The summed E-state index contributed by atoms with van der Waals surface area (Å²) in [6.45, 7) is 3.39. The van der Waals surface area contributed by atoms with Crippen molar-refractivity contribution in [3.63, 3.8) is 0 Å². The minimum absolute atomic E-state index is 0.0276. The number of carbonyl (C=O) groups excluding carboxylic acids is 1. The Morgan fingerprint density at radius 2 is 2.00 bits per heavy atom. The van der Waals surface area contributed by atoms with Crippen LogP contribution in [0.4, 0.5) is 13.2 Å². The zero-order chi connectivity index (χ0) is 16.5. The van der Waals surface area contributed by atoms with Crippen molar-refractivity contribution in [1.29, 1.82) is 0 Å². The summed E-state index contributed by atoms with van der Waals surface area (Å²) in [6, 6.07) is 2.45. The van der Waals surface area contributed by atoms with Gasteiger partial charge < -0.3 is 14.6 Å². The standard InChI is InChI=1S/C16H17F3O3/c1-15(2,11-5-3-4-6-11)22-13-9-10(14(20)21)7-8-12(13)16(17,18)19/h3,5,7-9,11H,4,6H2,1-2H3,(H,20,21)/p-1. The number of ether oxygens (including phenoxy) is 1. The molecule has 0 heterocycles. The van der Waals surface area contributed by atoms with Gasteiger partial charge in [0.25, 0.3) is 0 Å². The van der Waals surface area contributed by atoms with Gasteiger partial charge in [0.15, 0.2) is 0 Å². The molecule has 0 radical (unpaired) electrons. The second kappa shape index (κ2) is 5.66. The van der Waals surface area contributed by atoms with Crippen LogP contribution in [-0.4, -0.2) is 11.6 Å². The number of carboxylic acid groups (broad SMARTS) is 1. The Hall–Kier alpha value is -1.98. The van der Waals surface area contributed by atoms with Gasteiger partial charge in [-0.25, -0.2) is 0 Å². The first-order valence-electron chi connectivity index (χ1n) is 6.89. The van der Waals surface area contributed by atoms with Gasteiger partial charge in [0.1, 0.15) is 11.4 Å². The van der Waals surface area contributed by atoms with Crippen LogP contribution >= 0.6 is 0 Å². The Labute approximate surface area is 126 Å². The maximum absolute atomic E-state index is 13.1. The van der Waals surface area contributed by atoms with Gasteiger partial charge in [0, 0.05) is 11.5 Å². The molecule has 1 atom stereocenters. The summed E-state index contributed by atoms with van der Waals surface area (Å²) < 4.78 is 44.8. The third kappa shape index (κ3) is 3.43. The van der Waals surface area contributed by atoms with E-state index in [1.54, 1.807) is 13.8 Å². The van der Waals surface area contributed by atoms with E-state index in [1.807, 2.05) is 12.2 Å². The van der Waals surface area contributed by atoms with E-state index in [1.165, 1.54) is 0 Å². The van der Waals surface area contributed by atoms with E-state index in [9.17, 15) is 23.1 Å². The number of allylic oxidation sites excluding steroid dienone is 1. The molecule has 1 aromatic carbocycles. The second-order valence-corrected chi connectivity index (χ2v) is 5.81. The minimum atomic E-state index is -4.62. The van der Waals surface area contributed by atoms with Crippen LogP contribution in [0.25, 0.3) is 0 Å². The first-order chi connectivity index (χ1) is 10.1. The normalized spacial score (nSPS) is 18.5. The molecule has 0 N–H and O–H groups in total. The lowest BCUT2D eigenvalue weighted by molar-refractivity contribution is -0.255. The lowest BCUT2D eigenvalue weighted by Gasteiger charge is -2.33. The highest BCUT2D eigenvalue weighted by Crippen LogP contribution is 2.40. The molecule has 1 unspecified atom stereocenters. The number of aromatic carboxylic acids is 1. The molecule has 0 saturated carbocycles. The van der Waals surface area contributed by atoms with E-state index in [0.29, 0.717) is 6.07 Å². The summed E-state index contributed by atoms with van der Waals surface area (Å²) in [7, 11) is 0. The van der Waals surface area contributed by atoms with Crippen LogP contribution in [0.1, 0.15) is 42.6 Å². The molecule has 22 heavy (non-hydrogen) atoms. The summed E-state index contributed by atoms with van der Waals surface area (Å²) in [4.78, 5) is 10.9. The van der Waals surface area contributed by atoms with Gasteiger partial charge in [-0.2, -0.15) is 13.2 Å². The molecule has 6 heteroatoms. The SMILES string of the molecule is CC(C)(Oc1cc(C(=O)[O-])ccc1C(F)(F)F)C1C=CCC1. The van der Waals surface area contributed by atoms with Crippen molar-refractivity contribution in [2.75, 3.05) is 0 Å². The summed E-state index contributed by atoms with van der Waals surface area (Å²) >= 11 is 0.